The second-order valence-corrected chi connectivity index (χ2v) is 5.13. The molecule has 1 heterocycles. The molecule has 0 saturated heterocycles. The van der Waals surface area contributed by atoms with Gasteiger partial charge in [0.1, 0.15) is 0 Å². The Morgan fingerprint density at radius 3 is 2.85 bits per heavy atom. The van der Waals surface area contributed by atoms with Crippen LogP contribution in [-0.2, 0) is 7.05 Å². The first-order valence-electron chi connectivity index (χ1n) is 6.03. The summed E-state index contributed by atoms with van der Waals surface area (Å²) in [6.45, 7) is 2.79. The molecular weight excluding hydrogens is 280 g/mol. The minimum atomic E-state index is -0.407. The van der Waals surface area contributed by atoms with Crippen LogP contribution >= 0.6 is 11.8 Å². The normalized spacial score (nSPS) is 10.5. The maximum atomic E-state index is 11.0. The molecular formula is C11H14N6O2S. The van der Waals surface area contributed by atoms with Crippen LogP contribution in [-0.4, -0.2) is 31.7 Å². The summed E-state index contributed by atoms with van der Waals surface area (Å²) < 4.78 is 1.52. The molecule has 0 spiro atoms. The minimum Gasteiger partial charge on any atom is -0.385 e. The fourth-order valence-electron chi connectivity index (χ4n) is 1.53. The zero-order valence-corrected chi connectivity index (χ0v) is 11.9. The summed E-state index contributed by atoms with van der Waals surface area (Å²) in [4.78, 5) is 11.3. The molecule has 0 unspecified atom stereocenters. The number of benzene rings is 1. The van der Waals surface area contributed by atoms with E-state index in [2.05, 4.69) is 20.8 Å². The van der Waals surface area contributed by atoms with Crippen LogP contribution in [0.15, 0.2) is 28.3 Å². The van der Waals surface area contributed by atoms with Crippen molar-refractivity contribution < 1.29 is 4.92 Å². The van der Waals surface area contributed by atoms with E-state index in [4.69, 9.17) is 0 Å². The molecule has 20 heavy (non-hydrogen) atoms. The Morgan fingerprint density at radius 2 is 2.25 bits per heavy atom. The third-order valence-corrected chi connectivity index (χ3v) is 3.47. The van der Waals surface area contributed by atoms with Gasteiger partial charge in [0.25, 0.3) is 5.69 Å². The fourth-order valence-corrected chi connectivity index (χ4v) is 2.35. The first-order chi connectivity index (χ1) is 9.60. The van der Waals surface area contributed by atoms with E-state index >= 15 is 0 Å². The van der Waals surface area contributed by atoms with E-state index in [1.54, 1.807) is 7.05 Å². The molecule has 0 atom stereocenters. The number of nitrogens with one attached hydrogen (secondary N) is 1. The van der Waals surface area contributed by atoms with E-state index in [9.17, 15) is 10.1 Å². The number of nitro groups is 1. The summed E-state index contributed by atoms with van der Waals surface area (Å²) in [6.07, 6.45) is 0.943. The number of tetrazole rings is 1. The Kier molecular flexibility index (Phi) is 4.51. The highest BCUT2D eigenvalue weighted by Crippen LogP contribution is 2.31. The largest absolute Gasteiger partial charge is 0.385 e. The summed E-state index contributed by atoms with van der Waals surface area (Å²) in [5, 5.41) is 25.8. The lowest BCUT2D eigenvalue weighted by atomic mass is 10.2. The third-order valence-electron chi connectivity index (χ3n) is 2.47. The van der Waals surface area contributed by atoms with Crippen LogP contribution in [0.2, 0.25) is 0 Å². The zero-order valence-electron chi connectivity index (χ0n) is 11.1. The number of non-ortho nitro benzene ring substituents is 1. The lowest BCUT2D eigenvalue weighted by Crippen LogP contribution is -2.01. The molecule has 0 amide bonds. The van der Waals surface area contributed by atoms with Crippen LogP contribution in [0.25, 0.3) is 0 Å². The molecule has 1 N–H and O–H groups in total. The summed E-state index contributed by atoms with van der Waals surface area (Å²) in [7, 11) is 1.72. The van der Waals surface area contributed by atoms with Crippen molar-refractivity contribution in [2.75, 3.05) is 11.9 Å². The molecule has 0 aliphatic heterocycles. The van der Waals surface area contributed by atoms with Crippen molar-refractivity contribution >= 4 is 23.1 Å². The topological polar surface area (TPSA) is 98.8 Å². The van der Waals surface area contributed by atoms with Gasteiger partial charge in [0, 0.05) is 36.3 Å². The molecule has 0 aliphatic rings. The number of hydrogen-bond donors (Lipinski definition) is 1. The number of anilines is 1. The van der Waals surface area contributed by atoms with Crippen LogP contribution in [0.1, 0.15) is 13.3 Å². The van der Waals surface area contributed by atoms with Gasteiger partial charge in [-0.15, -0.1) is 5.10 Å². The maximum absolute atomic E-state index is 11.0. The molecule has 0 saturated carbocycles. The predicted octanol–water partition coefficient (Wildman–Crippen LogP) is 2.09. The molecule has 0 radical (unpaired) electrons. The van der Waals surface area contributed by atoms with E-state index in [0.29, 0.717) is 5.16 Å². The molecule has 8 nitrogen and oxygen atoms in total. The predicted molar refractivity (Wildman–Crippen MR) is 74.8 cm³/mol. The number of nitrogens with zero attached hydrogens (tertiary/aromatic N) is 5. The highest BCUT2D eigenvalue weighted by Gasteiger charge is 2.12. The average Bonchev–Trinajstić information content (AvgIpc) is 2.81. The van der Waals surface area contributed by atoms with E-state index in [1.165, 1.54) is 28.6 Å². The summed E-state index contributed by atoms with van der Waals surface area (Å²) in [5.74, 6) is 0. The first-order valence-corrected chi connectivity index (χ1v) is 6.85. The van der Waals surface area contributed by atoms with Crippen molar-refractivity contribution in [3.8, 4) is 0 Å². The lowest BCUT2D eigenvalue weighted by molar-refractivity contribution is -0.385. The molecule has 2 aromatic rings. The number of aryl methyl sites for hydroxylation is 1. The molecule has 9 heteroatoms. The van der Waals surface area contributed by atoms with Gasteiger partial charge in [-0.2, -0.15) is 0 Å². The van der Waals surface area contributed by atoms with Crippen LogP contribution in [0, 0.1) is 10.1 Å². The second-order valence-electron chi connectivity index (χ2n) is 4.09. The quantitative estimate of drug-likeness (QED) is 0.643. The van der Waals surface area contributed by atoms with Crippen LogP contribution < -0.4 is 5.32 Å². The van der Waals surface area contributed by atoms with Gasteiger partial charge < -0.3 is 5.32 Å². The second kappa shape index (κ2) is 6.33. The molecule has 106 valence electrons. The number of nitro benzene ring substituents is 1. The van der Waals surface area contributed by atoms with Crippen LogP contribution in [0.5, 0.6) is 0 Å². The van der Waals surface area contributed by atoms with Gasteiger partial charge in [-0.1, -0.05) is 6.92 Å². The van der Waals surface area contributed by atoms with E-state index in [0.717, 1.165) is 23.5 Å². The number of hydrogen-bond acceptors (Lipinski definition) is 7. The van der Waals surface area contributed by atoms with Crippen LogP contribution in [0.3, 0.4) is 0 Å². The molecule has 0 aliphatic carbocycles. The van der Waals surface area contributed by atoms with Gasteiger partial charge in [0.2, 0.25) is 5.16 Å². The Balaban J connectivity index is 2.29. The van der Waals surface area contributed by atoms with E-state index < -0.39 is 4.92 Å². The average molecular weight is 294 g/mol. The fraction of sp³-hybridized carbons (Fsp3) is 0.364. The minimum absolute atomic E-state index is 0.0451. The molecule has 0 bridgehead atoms. The third kappa shape index (κ3) is 3.44. The molecule has 1 aromatic carbocycles. The molecule has 1 aromatic heterocycles. The summed E-state index contributed by atoms with van der Waals surface area (Å²) >= 11 is 1.28. The standard InChI is InChI=1S/C11H14N6O2S/c1-3-4-12-8-5-9(17(18)19)7-10(6-8)20-11-13-14-15-16(11)2/h5-7,12H,3-4H2,1-2H3. The number of aromatic nitrogens is 4. The van der Waals surface area contributed by atoms with Crippen molar-refractivity contribution in [3.63, 3.8) is 0 Å². The Hall–Kier alpha value is -2.16. The monoisotopic (exact) mass is 294 g/mol. The van der Waals surface area contributed by atoms with Crippen molar-refractivity contribution in [1.29, 1.82) is 0 Å². The van der Waals surface area contributed by atoms with Crippen LogP contribution in [0.4, 0.5) is 11.4 Å². The van der Waals surface area contributed by atoms with Crippen molar-refractivity contribution in [2.24, 2.45) is 7.05 Å². The van der Waals surface area contributed by atoms with Gasteiger partial charge in [0.05, 0.1) is 4.92 Å². The zero-order chi connectivity index (χ0) is 14.5. The van der Waals surface area contributed by atoms with E-state index in [1.807, 2.05) is 13.0 Å². The lowest BCUT2D eigenvalue weighted by Gasteiger charge is -2.07. The van der Waals surface area contributed by atoms with Gasteiger partial charge >= 0.3 is 0 Å². The Bertz CT molecular complexity index is 615. The SMILES string of the molecule is CCCNc1cc(Sc2nnnn2C)cc([N+](=O)[O-])c1. The number of rotatable bonds is 6. The molecule has 2 rings (SSSR count). The Labute approximate surface area is 119 Å². The highest BCUT2D eigenvalue weighted by molar-refractivity contribution is 7.99. The summed E-state index contributed by atoms with van der Waals surface area (Å²) in [5.41, 5.74) is 0.766. The smallest absolute Gasteiger partial charge is 0.272 e. The Morgan fingerprint density at radius 1 is 1.45 bits per heavy atom. The van der Waals surface area contributed by atoms with Crippen molar-refractivity contribution in [1.82, 2.24) is 20.2 Å². The van der Waals surface area contributed by atoms with E-state index in [-0.39, 0.29) is 5.69 Å². The first kappa shape index (κ1) is 14.3. The summed E-state index contributed by atoms with van der Waals surface area (Å²) in [6, 6.07) is 4.88. The van der Waals surface area contributed by atoms with Gasteiger partial charge in [-0.3, -0.25) is 10.1 Å². The van der Waals surface area contributed by atoms with Gasteiger partial charge in [-0.05, 0) is 34.7 Å². The van der Waals surface area contributed by atoms with Gasteiger partial charge in [0.15, 0.2) is 0 Å². The van der Waals surface area contributed by atoms with Crippen molar-refractivity contribution in [3.05, 3.63) is 28.3 Å². The molecule has 0 fully saturated rings. The highest BCUT2D eigenvalue weighted by atomic mass is 32.2. The maximum Gasteiger partial charge on any atom is 0.272 e. The van der Waals surface area contributed by atoms with Crippen molar-refractivity contribution in [2.45, 2.75) is 23.4 Å². The van der Waals surface area contributed by atoms with Gasteiger partial charge in [-0.25, -0.2) is 4.68 Å².